The van der Waals surface area contributed by atoms with Crippen molar-refractivity contribution >= 4 is 34.4 Å². The second kappa shape index (κ2) is 6.90. The number of aromatic nitrogens is 2. The Morgan fingerprint density at radius 3 is 2.45 bits per heavy atom. The first-order valence-corrected chi connectivity index (χ1v) is 9.82. The highest BCUT2D eigenvalue weighted by molar-refractivity contribution is 6.31. The number of nitrogens with one attached hydrogen (secondary N) is 1. The van der Waals surface area contributed by atoms with Gasteiger partial charge in [0.15, 0.2) is 5.78 Å². The third-order valence-corrected chi connectivity index (χ3v) is 5.66. The number of carbonyl (C=O) groups is 1. The first kappa shape index (κ1) is 17.7. The van der Waals surface area contributed by atoms with Crippen molar-refractivity contribution in [1.82, 2.24) is 9.55 Å². The number of halogens is 1. The van der Waals surface area contributed by atoms with Crippen LogP contribution < -0.4 is 5.32 Å². The van der Waals surface area contributed by atoms with E-state index in [2.05, 4.69) is 9.88 Å². The molecule has 4 aromatic rings. The van der Waals surface area contributed by atoms with Crippen LogP contribution in [0.15, 0.2) is 90.1 Å². The van der Waals surface area contributed by atoms with Gasteiger partial charge in [0.25, 0.3) is 0 Å². The molecule has 1 N–H and O–H groups in total. The Kier molecular flexibility index (Phi) is 4.22. The van der Waals surface area contributed by atoms with E-state index in [0.717, 1.165) is 22.3 Å². The van der Waals surface area contributed by atoms with Gasteiger partial charge in [-0.05, 0) is 30.7 Å². The zero-order chi connectivity index (χ0) is 20.0. The van der Waals surface area contributed by atoms with Crippen LogP contribution in [0.4, 0.5) is 5.95 Å². The summed E-state index contributed by atoms with van der Waals surface area (Å²) in [5.41, 5.74) is 4.79. The fourth-order valence-electron chi connectivity index (χ4n) is 3.99. The molecule has 5 heteroatoms. The number of hydrogen-bond acceptors (Lipinski definition) is 3. The number of nitrogens with zero attached hydrogens (tertiary/aromatic N) is 2. The Labute approximate surface area is 173 Å². The van der Waals surface area contributed by atoms with Crippen LogP contribution in [-0.2, 0) is 0 Å². The van der Waals surface area contributed by atoms with Crippen LogP contribution in [-0.4, -0.2) is 15.3 Å². The SMILES string of the molecule is CC1=C(C(=O)c2ccccc2)C(c2ccccc2Cl)n2c(nc3ccccc32)N1. The van der Waals surface area contributed by atoms with Gasteiger partial charge in [0, 0.05) is 21.9 Å². The summed E-state index contributed by atoms with van der Waals surface area (Å²) in [5, 5.41) is 3.96. The van der Waals surface area contributed by atoms with E-state index in [4.69, 9.17) is 16.6 Å². The van der Waals surface area contributed by atoms with Gasteiger partial charge in [0.1, 0.15) is 0 Å². The topological polar surface area (TPSA) is 46.9 Å². The number of carbonyl (C=O) groups excluding carboxylic acids is 1. The van der Waals surface area contributed by atoms with Gasteiger partial charge in [-0.3, -0.25) is 9.36 Å². The minimum Gasteiger partial charge on any atom is -0.329 e. The first-order valence-electron chi connectivity index (χ1n) is 9.44. The van der Waals surface area contributed by atoms with E-state index in [1.54, 1.807) is 0 Å². The van der Waals surface area contributed by atoms with E-state index in [0.29, 0.717) is 22.1 Å². The average Bonchev–Trinajstić information content (AvgIpc) is 3.11. The van der Waals surface area contributed by atoms with Crippen LogP contribution in [0.3, 0.4) is 0 Å². The highest BCUT2D eigenvalue weighted by Gasteiger charge is 2.35. The fourth-order valence-corrected chi connectivity index (χ4v) is 4.23. The van der Waals surface area contributed by atoms with E-state index < -0.39 is 0 Å². The monoisotopic (exact) mass is 399 g/mol. The summed E-state index contributed by atoms with van der Waals surface area (Å²) in [5.74, 6) is 0.683. The molecule has 0 amide bonds. The minimum absolute atomic E-state index is 0.0241. The molecule has 0 bridgehead atoms. The number of Topliss-reactive ketones (excluding diaryl/α,β-unsaturated/α-hetero) is 1. The molecule has 0 aliphatic carbocycles. The van der Waals surface area contributed by atoms with Gasteiger partial charge in [-0.1, -0.05) is 72.3 Å². The predicted octanol–water partition coefficient (Wildman–Crippen LogP) is 5.86. The maximum atomic E-state index is 13.6. The highest BCUT2D eigenvalue weighted by Crippen LogP contribution is 2.42. The molecule has 2 heterocycles. The van der Waals surface area contributed by atoms with Gasteiger partial charge in [-0.15, -0.1) is 0 Å². The number of ketones is 1. The predicted molar refractivity (Wildman–Crippen MR) is 116 cm³/mol. The summed E-state index contributed by atoms with van der Waals surface area (Å²) in [6, 6.07) is 24.6. The lowest BCUT2D eigenvalue weighted by molar-refractivity contribution is 0.102. The molecule has 0 radical (unpaired) electrons. The molecule has 5 rings (SSSR count). The lowest BCUT2D eigenvalue weighted by Gasteiger charge is -2.31. The number of anilines is 1. The van der Waals surface area contributed by atoms with Gasteiger partial charge in [-0.25, -0.2) is 4.98 Å². The van der Waals surface area contributed by atoms with Crippen molar-refractivity contribution in [3.05, 3.63) is 106 Å². The van der Waals surface area contributed by atoms with Gasteiger partial charge in [-0.2, -0.15) is 0 Å². The van der Waals surface area contributed by atoms with Crippen molar-refractivity contribution < 1.29 is 4.79 Å². The Balaban J connectivity index is 1.79. The van der Waals surface area contributed by atoms with Gasteiger partial charge in [0.05, 0.1) is 17.1 Å². The summed E-state index contributed by atoms with van der Waals surface area (Å²) in [7, 11) is 0. The quantitative estimate of drug-likeness (QED) is 0.439. The van der Waals surface area contributed by atoms with E-state index in [-0.39, 0.29) is 11.8 Å². The molecule has 1 unspecified atom stereocenters. The van der Waals surface area contributed by atoms with Crippen LogP contribution in [0.1, 0.15) is 28.9 Å². The number of hydrogen-bond donors (Lipinski definition) is 1. The molecule has 0 saturated carbocycles. The summed E-state index contributed by atoms with van der Waals surface area (Å²) in [6.45, 7) is 1.92. The maximum absolute atomic E-state index is 13.6. The maximum Gasteiger partial charge on any atom is 0.209 e. The summed E-state index contributed by atoms with van der Waals surface area (Å²) < 4.78 is 2.07. The third kappa shape index (κ3) is 2.84. The van der Waals surface area contributed by atoms with Crippen molar-refractivity contribution in [3.8, 4) is 0 Å². The molecular formula is C24H18ClN3O. The van der Waals surface area contributed by atoms with Crippen molar-refractivity contribution in [1.29, 1.82) is 0 Å². The normalized spacial score (nSPS) is 15.9. The van der Waals surface area contributed by atoms with E-state index in [1.807, 2.05) is 85.8 Å². The summed E-state index contributed by atoms with van der Waals surface area (Å²) in [6.07, 6.45) is 0. The lowest BCUT2D eigenvalue weighted by Crippen LogP contribution is -2.28. The Morgan fingerprint density at radius 1 is 0.966 bits per heavy atom. The molecule has 0 spiro atoms. The molecule has 142 valence electrons. The van der Waals surface area contributed by atoms with E-state index in [9.17, 15) is 4.79 Å². The second-order valence-corrected chi connectivity index (χ2v) is 7.48. The van der Waals surface area contributed by atoms with Gasteiger partial charge >= 0.3 is 0 Å². The van der Waals surface area contributed by atoms with Crippen LogP contribution in [0.2, 0.25) is 5.02 Å². The lowest BCUT2D eigenvalue weighted by atomic mass is 9.89. The summed E-state index contributed by atoms with van der Waals surface area (Å²) >= 11 is 6.62. The standard InChI is InChI=1S/C24H18ClN3O/c1-15-21(23(29)16-9-3-2-4-10-16)22(17-11-5-6-12-18(17)25)28-20-14-8-7-13-19(20)27-24(28)26-15/h2-14,22H,1H3,(H,26,27). The fraction of sp³-hybridized carbons (Fsp3) is 0.0833. The van der Waals surface area contributed by atoms with Crippen molar-refractivity contribution in [2.75, 3.05) is 5.32 Å². The van der Waals surface area contributed by atoms with Crippen molar-refractivity contribution in [2.24, 2.45) is 0 Å². The number of rotatable bonds is 3. The number of para-hydroxylation sites is 2. The Morgan fingerprint density at radius 2 is 1.66 bits per heavy atom. The zero-order valence-electron chi connectivity index (χ0n) is 15.8. The Hall–Kier alpha value is -3.37. The van der Waals surface area contributed by atoms with Gasteiger partial charge in [0.2, 0.25) is 5.95 Å². The zero-order valence-corrected chi connectivity index (χ0v) is 16.5. The van der Waals surface area contributed by atoms with Crippen LogP contribution in [0.25, 0.3) is 11.0 Å². The van der Waals surface area contributed by atoms with Crippen LogP contribution in [0, 0.1) is 0 Å². The molecule has 4 nitrogen and oxygen atoms in total. The molecule has 1 aliphatic rings. The molecule has 1 aromatic heterocycles. The molecule has 3 aromatic carbocycles. The average molecular weight is 400 g/mol. The molecular weight excluding hydrogens is 382 g/mol. The molecule has 29 heavy (non-hydrogen) atoms. The third-order valence-electron chi connectivity index (χ3n) is 5.31. The minimum atomic E-state index is -0.375. The number of imidazole rings is 1. The summed E-state index contributed by atoms with van der Waals surface area (Å²) in [4.78, 5) is 18.3. The Bertz CT molecular complexity index is 1270. The number of benzene rings is 3. The van der Waals surface area contributed by atoms with E-state index in [1.165, 1.54) is 0 Å². The first-order chi connectivity index (χ1) is 14.1. The highest BCUT2D eigenvalue weighted by atomic mass is 35.5. The smallest absolute Gasteiger partial charge is 0.209 e. The van der Waals surface area contributed by atoms with E-state index >= 15 is 0 Å². The largest absolute Gasteiger partial charge is 0.329 e. The van der Waals surface area contributed by atoms with Crippen molar-refractivity contribution in [2.45, 2.75) is 13.0 Å². The molecule has 0 saturated heterocycles. The molecule has 1 atom stereocenters. The second-order valence-electron chi connectivity index (χ2n) is 7.08. The molecule has 0 fully saturated rings. The van der Waals surface area contributed by atoms with Crippen molar-refractivity contribution in [3.63, 3.8) is 0 Å². The van der Waals surface area contributed by atoms with Crippen LogP contribution in [0.5, 0.6) is 0 Å². The number of allylic oxidation sites excluding steroid dienone is 2. The number of fused-ring (bicyclic) bond motifs is 3. The van der Waals surface area contributed by atoms with Crippen LogP contribution >= 0.6 is 11.6 Å². The van der Waals surface area contributed by atoms with Gasteiger partial charge < -0.3 is 5.32 Å². The molecule has 1 aliphatic heterocycles.